The molecule has 7 nitrogen and oxygen atoms in total. The highest BCUT2D eigenvalue weighted by Gasteiger charge is 2.06. The molecular weight excluding hydrogens is 358 g/mol. The highest BCUT2D eigenvalue weighted by molar-refractivity contribution is 5.92. The number of hydrogen-bond acceptors (Lipinski definition) is 6. The monoisotopic (exact) mass is 379 g/mol. The van der Waals surface area contributed by atoms with E-state index in [1.54, 1.807) is 49.6 Å². The molecule has 144 valence electrons. The topological polar surface area (TPSA) is 82.6 Å². The van der Waals surface area contributed by atoms with Gasteiger partial charge in [-0.3, -0.25) is 4.79 Å². The smallest absolute Gasteiger partial charge is 0.262 e. The van der Waals surface area contributed by atoms with Gasteiger partial charge in [-0.05, 0) is 49.4 Å². The minimum Gasteiger partial charge on any atom is -0.494 e. The van der Waals surface area contributed by atoms with Crippen molar-refractivity contribution < 1.29 is 19.0 Å². The van der Waals surface area contributed by atoms with E-state index >= 15 is 0 Å². The Hall–Kier alpha value is -3.61. The molecule has 1 N–H and O–H groups in total. The summed E-state index contributed by atoms with van der Waals surface area (Å²) in [4.78, 5) is 12.1. The first kappa shape index (κ1) is 19.2. The first-order chi connectivity index (χ1) is 13.7. The van der Waals surface area contributed by atoms with Crippen molar-refractivity contribution in [1.29, 1.82) is 0 Å². The average molecular weight is 379 g/mol. The summed E-state index contributed by atoms with van der Waals surface area (Å²) in [7, 11) is 1.54. The molecule has 0 aliphatic rings. The molecule has 28 heavy (non-hydrogen) atoms. The maximum atomic E-state index is 12.1. The maximum Gasteiger partial charge on any atom is 0.262 e. The van der Waals surface area contributed by atoms with Crippen LogP contribution in [-0.4, -0.2) is 36.4 Å². The number of nitrogens with one attached hydrogen (secondary N) is 1. The van der Waals surface area contributed by atoms with Gasteiger partial charge in [0.1, 0.15) is 11.5 Å². The van der Waals surface area contributed by atoms with Crippen LogP contribution >= 0.6 is 0 Å². The first-order valence-electron chi connectivity index (χ1n) is 8.81. The summed E-state index contributed by atoms with van der Waals surface area (Å²) in [6, 6.07) is 18.0. The lowest BCUT2D eigenvalue weighted by atomic mass is 10.1. The predicted octanol–water partition coefficient (Wildman–Crippen LogP) is 3.57. The fourth-order valence-electron chi connectivity index (χ4n) is 2.45. The number of aromatic nitrogens is 2. The Morgan fingerprint density at radius 2 is 1.57 bits per heavy atom. The number of benzene rings is 2. The summed E-state index contributed by atoms with van der Waals surface area (Å²) in [5.41, 5.74) is 2.28. The van der Waals surface area contributed by atoms with Crippen LogP contribution in [0, 0.1) is 0 Å². The van der Waals surface area contributed by atoms with E-state index in [-0.39, 0.29) is 12.5 Å². The second kappa shape index (κ2) is 9.36. The van der Waals surface area contributed by atoms with E-state index in [1.165, 1.54) is 0 Å². The van der Waals surface area contributed by atoms with Gasteiger partial charge >= 0.3 is 0 Å². The molecule has 0 saturated heterocycles. The molecule has 0 spiro atoms. The summed E-state index contributed by atoms with van der Waals surface area (Å²) in [5.74, 6) is 1.58. The van der Waals surface area contributed by atoms with Crippen LogP contribution in [0.25, 0.3) is 11.3 Å². The summed E-state index contributed by atoms with van der Waals surface area (Å²) in [5, 5.41) is 10.8. The Kier molecular flexibility index (Phi) is 6.41. The summed E-state index contributed by atoms with van der Waals surface area (Å²) in [6.07, 6.45) is 0. The van der Waals surface area contributed by atoms with Gasteiger partial charge in [0.2, 0.25) is 5.88 Å². The van der Waals surface area contributed by atoms with E-state index in [1.807, 2.05) is 25.1 Å². The number of rotatable bonds is 8. The van der Waals surface area contributed by atoms with Crippen LogP contribution in [-0.2, 0) is 4.79 Å². The third-order valence-corrected chi connectivity index (χ3v) is 3.82. The van der Waals surface area contributed by atoms with Crippen molar-refractivity contribution >= 4 is 11.6 Å². The minimum atomic E-state index is -0.245. The Balaban J connectivity index is 1.52. The first-order valence-corrected chi connectivity index (χ1v) is 8.81. The Labute approximate surface area is 163 Å². The lowest BCUT2D eigenvalue weighted by Gasteiger charge is -2.09. The number of nitrogens with zero attached hydrogens (tertiary/aromatic N) is 2. The van der Waals surface area contributed by atoms with Gasteiger partial charge in [0.05, 0.1) is 19.4 Å². The molecule has 0 bridgehead atoms. The van der Waals surface area contributed by atoms with Crippen LogP contribution in [0.3, 0.4) is 0 Å². The van der Waals surface area contributed by atoms with E-state index in [0.717, 1.165) is 17.0 Å². The van der Waals surface area contributed by atoms with Gasteiger partial charge < -0.3 is 19.5 Å². The molecule has 1 amide bonds. The molecule has 3 aromatic rings. The van der Waals surface area contributed by atoms with E-state index in [9.17, 15) is 4.79 Å². The quantitative estimate of drug-likeness (QED) is 0.644. The number of hydrogen-bond donors (Lipinski definition) is 1. The van der Waals surface area contributed by atoms with Gasteiger partial charge in [0.15, 0.2) is 6.61 Å². The second-order valence-electron chi connectivity index (χ2n) is 5.78. The van der Waals surface area contributed by atoms with Crippen LogP contribution in [0.1, 0.15) is 6.92 Å². The standard InChI is InChI=1S/C21H21N3O4/c1-3-27-17-8-10-18(11-9-17)28-14-20(25)22-16-6-4-15(5-7-16)19-12-13-21(26-2)24-23-19/h4-13H,3,14H2,1-2H3,(H,22,25). The normalized spacial score (nSPS) is 10.2. The molecule has 0 unspecified atom stereocenters. The van der Waals surface area contributed by atoms with E-state index in [4.69, 9.17) is 14.2 Å². The SMILES string of the molecule is CCOc1ccc(OCC(=O)Nc2ccc(-c3ccc(OC)nn3)cc2)cc1. The van der Waals surface area contributed by atoms with Gasteiger partial charge in [0, 0.05) is 17.3 Å². The van der Waals surface area contributed by atoms with Gasteiger partial charge in [-0.25, -0.2) is 0 Å². The van der Waals surface area contributed by atoms with E-state index in [2.05, 4.69) is 15.5 Å². The zero-order valence-corrected chi connectivity index (χ0v) is 15.7. The summed E-state index contributed by atoms with van der Waals surface area (Å²) >= 11 is 0. The number of ether oxygens (including phenoxy) is 3. The van der Waals surface area contributed by atoms with Crippen LogP contribution in [0.15, 0.2) is 60.7 Å². The lowest BCUT2D eigenvalue weighted by Crippen LogP contribution is -2.20. The van der Waals surface area contributed by atoms with Gasteiger partial charge in [-0.1, -0.05) is 12.1 Å². The number of methoxy groups -OCH3 is 1. The Bertz CT molecular complexity index is 894. The zero-order chi connectivity index (χ0) is 19.8. The average Bonchev–Trinajstić information content (AvgIpc) is 2.74. The molecule has 0 aliphatic carbocycles. The van der Waals surface area contributed by atoms with Crippen molar-refractivity contribution in [3.8, 4) is 28.6 Å². The van der Waals surface area contributed by atoms with Crippen LogP contribution < -0.4 is 19.5 Å². The molecule has 1 heterocycles. The van der Waals surface area contributed by atoms with Gasteiger partial charge in [-0.15, -0.1) is 10.2 Å². The lowest BCUT2D eigenvalue weighted by molar-refractivity contribution is -0.118. The molecule has 7 heteroatoms. The molecule has 0 radical (unpaired) electrons. The molecule has 0 atom stereocenters. The van der Waals surface area contributed by atoms with Gasteiger partial charge in [0.25, 0.3) is 5.91 Å². The van der Waals surface area contributed by atoms with E-state index in [0.29, 0.717) is 23.9 Å². The van der Waals surface area contributed by atoms with Crippen molar-refractivity contribution in [2.45, 2.75) is 6.92 Å². The zero-order valence-electron chi connectivity index (χ0n) is 15.7. The fraction of sp³-hybridized carbons (Fsp3) is 0.190. The third kappa shape index (κ3) is 5.20. The van der Waals surface area contributed by atoms with Crippen LogP contribution in [0.5, 0.6) is 17.4 Å². The number of anilines is 1. The van der Waals surface area contributed by atoms with Crippen molar-refractivity contribution in [1.82, 2.24) is 10.2 Å². The molecule has 0 aliphatic heterocycles. The number of carbonyl (C=O) groups is 1. The minimum absolute atomic E-state index is 0.0836. The van der Waals surface area contributed by atoms with E-state index < -0.39 is 0 Å². The summed E-state index contributed by atoms with van der Waals surface area (Å²) < 4.78 is 15.9. The van der Waals surface area contributed by atoms with Crippen molar-refractivity contribution in [3.05, 3.63) is 60.7 Å². The molecular formula is C21H21N3O4. The molecule has 3 rings (SSSR count). The second-order valence-corrected chi connectivity index (χ2v) is 5.78. The summed E-state index contributed by atoms with van der Waals surface area (Å²) in [6.45, 7) is 2.44. The largest absolute Gasteiger partial charge is 0.494 e. The highest BCUT2D eigenvalue weighted by atomic mass is 16.5. The molecule has 0 saturated carbocycles. The van der Waals surface area contributed by atoms with Crippen molar-refractivity contribution in [2.75, 3.05) is 25.6 Å². The van der Waals surface area contributed by atoms with Crippen molar-refractivity contribution in [3.63, 3.8) is 0 Å². The number of amides is 1. The Morgan fingerprint density at radius 1 is 0.893 bits per heavy atom. The molecule has 2 aromatic carbocycles. The molecule has 0 fully saturated rings. The predicted molar refractivity (Wildman–Crippen MR) is 106 cm³/mol. The Morgan fingerprint density at radius 3 is 2.14 bits per heavy atom. The van der Waals surface area contributed by atoms with Crippen LogP contribution in [0.4, 0.5) is 5.69 Å². The van der Waals surface area contributed by atoms with Crippen LogP contribution in [0.2, 0.25) is 0 Å². The van der Waals surface area contributed by atoms with Crippen molar-refractivity contribution in [2.24, 2.45) is 0 Å². The number of carbonyl (C=O) groups excluding carboxylic acids is 1. The maximum absolute atomic E-state index is 12.1. The fourth-order valence-corrected chi connectivity index (χ4v) is 2.45. The third-order valence-electron chi connectivity index (χ3n) is 3.82. The molecule has 1 aromatic heterocycles. The van der Waals surface area contributed by atoms with Gasteiger partial charge in [-0.2, -0.15) is 0 Å². The highest BCUT2D eigenvalue weighted by Crippen LogP contribution is 2.20.